The van der Waals surface area contributed by atoms with E-state index in [1.807, 2.05) is 50.8 Å². The van der Waals surface area contributed by atoms with E-state index in [4.69, 9.17) is 18.9 Å². The molecule has 1 N–H and O–H groups in total. The zero-order valence-corrected chi connectivity index (χ0v) is 20.0. The second kappa shape index (κ2) is 9.70. The van der Waals surface area contributed by atoms with E-state index in [9.17, 15) is 9.59 Å². The van der Waals surface area contributed by atoms with E-state index in [1.165, 1.54) is 5.56 Å². The molecule has 4 fully saturated rings. The molecule has 4 aliphatic rings. The fourth-order valence-electron chi connectivity index (χ4n) is 4.79. The summed E-state index contributed by atoms with van der Waals surface area (Å²) in [5.41, 5.74) is 1.17. The largest absolute Gasteiger partial charge is 0.356 e. The molecule has 0 unspecified atom stereocenters. The van der Waals surface area contributed by atoms with Gasteiger partial charge in [0.1, 0.15) is 0 Å². The Kier molecular flexibility index (Phi) is 7.09. The van der Waals surface area contributed by atoms with Crippen LogP contribution < -0.4 is 5.32 Å². The van der Waals surface area contributed by atoms with Gasteiger partial charge >= 0.3 is 0 Å². The van der Waals surface area contributed by atoms with Crippen molar-refractivity contribution in [2.75, 3.05) is 26.3 Å². The Bertz CT molecular complexity index is 843. The van der Waals surface area contributed by atoms with Crippen molar-refractivity contribution in [3.8, 4) is 0 Å². The first-order valence-electron chi connectivity index (χ1n) is 11.8. The van der Waals surface area contributed by atoms with Crippen molar-refractivity contribution in [1.29, 1.82) is 0 Å². The minimum Gasteiger partial charge on any atom is -0.356 e. The summed E-state index contributed by atoms with van der Waals surface area (Å²) in [5, 5.41) is 2.80. The van der Waals surface area contributed by atoms with Crippen LogP contribution in [0.3, 0.4) is 0 Å². The normalized spacial score (nSPS) is 32.5. The zero-order valence-electron chi connectivity index (χ0n) is 20.0. The lowest BCUT2D eigenvalue weighted by Crippen LogP contribution is -2.29. The molecular formula is C25H36N2O6. The molecule has 4 heterocycles. The molecule has 0 aliphatic carbocycles. The van der Waals surface area contributed by atoms with Crippen LogP contribution in [0, 0.1) is 11.8 Å². The molecule has 182 valence electrons. The number of nitrogens with one attached hydrogen (secondary N) is 1. The number of likely N-dealkylation sites (tertiary alicyclic amines) is 1. The highest BCUT2D eigenvalue weighted by Gasteiger charge is 2.42. The monoisotopic (exact) mass is 460 g/mol. The zero-order chi connectivity index (χ0) is 23.6. The van der Waals surface area contributed by atoms with Crippen molar-refractivity contribution in [2.45, 2.75) is 70.9 Å². The number of carbonyl (C=O) groups excluding carboxylic acids is 2. The van der Waals surface area contributed by atoms with Crippen molar-refractivity contribution in [3.05, 3.63) is 35.9 Å². The van der Waals surface area contributed by atoms with Crippen molar-refractivity contribution < 1.29 is 28.5 Å². The number of amides is 2. The summed E-state index contributed by atoms with van der Waals surface area (Å²) < 4.78 is 22.6. The molecule has 0 bridgehead atoms. The quantitative estimate of drug-likeness (QED) is 0.743. The van der Waals surface area contributed by atoms with Crippen LogP contribution in [0.25, 0.3) is 0 Å². The molecule has 2 amide bonds. The smallest absolute Gasteiger partial charge is 0.223 e. The molecule has 0 spiro atoms. The van der Waals surface area contributed by atoms with Gasteiger partial charge in [0.15, 0.2) is 11.6 Å². The number of nitrogens with zero attached hydrogens (tertiary/aromatic N) is 1. The van der Waals surface area contributed by atoms with Gasteiger partial charge < -0.3 is 29.2 Å². The number of hydrogen-bond donors (Lipinski definition) is 1. The van der Waals surface area contributed by atoms with Crippen LogP contribution >= 0.6 is 0 Å². The van der Waals surface area contributed by atoms with Gasteiger partial charge in [-0.25, -0.2) is 0 Å². The van der Waals surface area contributed by atoms with Gasteiger partial charge in [0.25, 0.3) is 0 Å². The first-order chi connectivity index (χ1) is 15.6. The summed E-state index contributed by atoms with van der Waals surface area (Å²) in [6.45, 7) is 11.0. The molecule has 33 heavy (non-hydrogen) atoms. The van der Waals surface area contributed by atoms with Crippen LogP contribution in [0.1, 0.15) is 46.1 Å². The van der Waals surface area contributed by atoms with Gasteiger partial charge in [-0.1, -0.05) is 30.3 Å². The topological polar surface area (TPSA) is 86.3 Å². The highest BCUT2D eigenvalue weighted by Crippen LogP contribution is 2.32. The van der Waals surface area contributed by atoms with E-state index in [1.54, 1.807) is 0 Å². The molecule has 0 aromatic heterocycles. The Morgan fingerprint density at radius 3 is 2.03 bits per heavy atom. The summed E-state index contributed by atoms with van der Waals surface area (Å²) in [7, 11) is 0. The van der Waals surface area contributed by atoms with Gasteiger partial charge in [-0.3, -0.25) is 9.59 Å². The number of benzene rings is 1. The third kappa shape index (κ3) is 6.32. The second-order valence-electron chi connectivity index (χ2n) is 10.2. The van der Waals surface area contributed by atoms with Gasteiger partial charge in [-0.05, 0) is 33.3 Å². The average molecular weight is 461 g/mol. The Labute approximate surface area is 195 Å². The average Bonchev–Trinajstić information content (AvgIpc) is 3.52. The molecule has 4 saturated heterocycles. The maximum atomic E-state index is 12.1. The van der Waals surface area contributed by atoms with Gasteiger partial charge in [0.2, 0.25) is 11.8 Å². The number of ether oxygens (including phenoxy) is 4. The summed E-state index contributed by atoms with van der Waals surface area (Å²) >= 11 is 0. The molecule has 4 aliphatic heterocycles. The van der Waals surface area contributed by atoms with Crippen molar-refractivity contribution in [2.24, 2.45) is 11.8 Å². The molecule has 4 atom stereocenters. The van der Waals surface area contributed by atoms with Gasteiger partial charge in [-0.15, -0.1) is 0 Å². The SMILES string of the molecule is CC1(C)OC[C@H]([C@@H]2CNC(=O)C2)O1.CC1(C)OC[C@H]([C@H]2CC(=O)N(Cc3ccccc3)C2)O1. The lowest BCUT2D eigenvalue weighted by molar-refractivity contribution is -0.144. The molecule has 1 aromatic carbocycles. The molecule has 8 nitrogen and oxygen atoms in total. The third-order valence-electron chi connectivity index (χ3n) is 6.58. The summed E-state index contributed by atoms with van der Waals surface area (Å²) in [6.07, 6.45) is 1.25. The van der Waals surface area contributed by atoms with Crippen LogP contribution in [0.4, 0.5) is 0 Å². The van der Waals surface area contributed by atoms with E-state index < -0.39 is 11.6 Å². The lowest BCUT2D eigenvalue weighted by Gasteiger charge is -2.21. The van der Waals surface area contributed by atoms with E-state index >= 15 is 0 Å². The lowest BCUT2D eigenvalue weighted by atomic mass is 10.0. The maximum Gasteiger partial charge on any atom is 0.223 e. The first kappa shape index (κ1) is 24.1. The van der Waals surface area contributed by atoms with E-state index in [2.05, 4.69) is 17.4 Å². The molecule has 1 aromatic rings. The van der Waals surface area contributed by atoms with Crippen LogP contribution in [0.5, 0.6) is 0 Å². The highest BCUT2D eigenvalue weighted by atomic mass is 16.7. The van der Waals surface area contributed by atoms with Crippen molar-refractivity contribution in [3.63, 3.8) is 0 Å². The summed E-state index contributed by atoms with van der Waals surface area (Å²) in [5.74, 6) is -0.121. The Hall–Kier alpha value is -2.00. The van der Waals surface area contributed by atoms with Crippen molar-refractivity contribution >= 4 is 11.8 Å². The Morgan fingerprint density at radius 2 is 1.52 bits per heavy atom. The Balaban J connectivity index is 0.000000172. The van der Waals surface area contributed by atoms with Crippen LogP contribution in [-0.4, -0.2) is 66.8 Å². The van der Waals surface area contributed by atoms with E-state index in [0.717, 1.165) is 13.1 Å². The number of carbonyl (C=O) groups is 2. The first-order valence-corrected chi connectivity index (χ1v) is 11.8. The second-order valence-corrected chi connectivity index (χ2v) is 10.2. The molecular weight excluding hydrogens is 424 g/mol. The maximum absolute atomic E-state index is 12.1. The van der Waals surface area contributed by atoms with Gasteiger partial charge in [0, 0.05) is 44.3 Å². The molecule has 8 heteroatoms. The Morgan fingerprint density at radius 1 is 0.909 bits per heavy atom. The molecule has 0 saturated carbocycles. The van der Waals surface area contributed by atoms with E-state index in [-0.39, 0.29) is 35.9 Å². The summed E-state index contributed by atoms with van der Waals surface area (Å²) in [4.78, 5) is 25.0. The summed E-state index contributed by atoms with van der Waals surface area (Å²) in [6, 6.07) is 10.1. The fraction of sp³-hybridized carbons (Fsp3) is 0.680. The van der Waals surface area contributed by atoms with Gasteiger partial charge in [0.05, 0.1) is 25.4 Å². The van der Waals surface area contributed by atoms with Crippen LogP contribution in [0.2, 0.25) is 0 Å². The fourth-order valence-corrected chi connectivity index (χ4v) is 4.79. The van der Waals surface area contributed by atoms with E-state index in [0.29, 0.717) is 32.6 Å². The predicted molar refractivity (Wildman–Crippen MR) is 121 cm³/mol. The predicted octanol–water partition coefficient (Wildman–Crippen LogP) is 2.46. The van der Waals surface area contributed by atoms with Crippen LogP contribution in [-0.2, 0) is 35.1 Å². The number of rotatable bonds is 4. The minimum atomic E-state index is -0.513. The molecule has 5 rings (SSSR count). The van der Waals surface area contributed by atoms with Crippen molar-refractivity contribution in [1.82, 2.24) is 10.2 Å². The van der Waals surface area contributed by atoms with Gasteiger partial charge in [-0.2, -0.15) is 0 Å². The third-order valence-corrected chi connectivity index (χ3v) is 6.58. The highest BCUT2D eigenvalue weighted by molar-refractivity contribution is 5.79. The molecule has 0 radical (unpaired) electrons. The standard InChI is InChI=1S/C16H21NO3.C9H15NO3/c1-16(2)19-11-14(20-16)13-8-15(18)17(10-13)9-12-6-4-3-5-7-12;1-9(2)12-5-7(13-9)6-3-8(11)10-4-6/h3-7,13-14H,8-11H2,1-2H3;6-7H,3-5H2,1-2H3,(H,10,11)/t13-,14+;6-,7+/m00/s1. The number of hydrogen-bond acceptors (Lipinski definition) is 6. The minimum absolute atomic E-state index is 0.0368. The van der Waals surface area contributed by atoms with Crippen LogP contribution in [0.15, 0.2) is 30.3 Å².